The van der Waals surface area contributed by atoms with Gasteiger partial charge in [0.15, 0.2) is 0 Å². The molecule has 2 heterocycles. The summed E-state index contributed by atoms with van der Waals surface area (Å²) in [4.78, 5) is 10.5. The minimum Gasteiger partial charge on any atom is -0.508 e. The average Bonchev–Trinajstić information content (AvgIpc) is 3.41. The topological polar surface area (TPSA) is 132 Å². The van der Waals surface area contributed by atoms with Crippen molar-refractivity contribution < 1.29 is 39.9 Å². The van der Waals surface area contributed by atoms with Crippen molar-refractivity contribution in [2.45, 2.75) is 27.2 Å². The molecule has 2 aliphatic heterocycles. The van der Waals surface area contributed by atoms with E-state index in [1.807, 2.05) is 6.07 Å². The number of phenolic OH excluding ortho intramolecular Hbond substituents is 1. The molecular formula is C23H26B2FNO8. The van der Waals surface area contributed by atoms with E-state index in [1.165, 1.54) is 12.1 Å². The number of fused-ring (bicyclic) bond motifs is 2. The third-order valence-corrected chi connectivity index (χ3v) is 5.15. The van der Waals surface area contributed by atoms with Gasteiger partial charge in [0.25, 0.3) is 5.69 Å². The number of ether oxygens (including phenoxy) is 1. The van der Waals surface area contributed by atoms with Crippen molar-refractivity contribution in [2.24, 2.45) is 0 Å². The third-order valence-electron chi connectivity index (χ3n) is 5.15. The van der Waals surface area contributed by atoms with Crippen LogP contribution in [0.15, 0.2) is 60.7 Å². The van der Waals surface area contributed by atoms with Crippen molar-refractivity contribution in [3.63, 3.8) is 0 Å². The first-order valence-electron chi connectivity index (χ1n) is 10.8. The molecule has 12 heteroatoms. The Kier molecular flexibility index (Phi) is 9.62. The maximum absolute atomic E-state index is 10.9. The van der Waals surface area contributed by atoms with Crippen molar-refractivity contribution in [1.82, 2.24) is 0 Å². The van der Waals surface area contributed by atoms with Gasteiger partial charge in [0.05, 0.1) is 32.2 Å². The van der Waals surface area contributed by atoms with E-state index in [-0.39, 0.29) is 25.5 Å². The number of hydrogen-bond acceptors (Lipinski definition) is 8. The zero-order valence-corrected chi connectivity index (χ0v) is 18.0. The summed E-state index contributed by atoms with van der Waals surface area (Å²) in [6.07, 6.45) is 0. The number of phenols is 1. The molecule has 0 atom stereocenters. The molecule has 3 aromatic carbocycles. The van der Waals surface area contributed by atoms with Crippen LogP contribution in [0.1, 0.15) is 25.5 Å². The van der Waals surface area contributed by atoms with Gasteiger partial charge < -0.3 is 29.2 Å². The van der Waals surface area contributed by atoms with Crippen LogP contribution < -0.4 is 15.7 Å². The van der Waals surface area contributed by atoms with Gasteiger partial charge in [0, 0.05) is 6.07 Å². The average molecular weight is 486 g/mol. The molecule has 0 amide bonds. The smallest absolute Gasteiger partial charge is 0.491 e. The van der Waals surface area contributed by atoms with Crippen LogP contribution in [0.3, 0.4) is 0 Å². The first-order chi connectivity index (χ1) is 16.8. The number of nitro groups is 1. The van der Waals surface area contributed by atoms with E-state index in [0.29, 0.717) is 35.5 Å². The van der Waals surface area contributed by atoms with Crippen LogP contribution in [0.4, 0.5) is 10.1 Å². The Hall–Kier alpha value is -3.44. The Bertz CT molecular complexity index is 1170. The first kappa shape index (κ1) is 26.2. The Morgan fingerprint density at radius 3 is 2.26 bits per heavy atom. The second-order valence-corrected chi connectivity index (χ2v) is 7.24. The van der Waals surface area contributed by atoms with Crippen LogP contribution in [-0.2, 0) is 29.1 Å². The van der Waals surface area contributed by atoms with Gasteiger partial charge in [-0.25, -0.2) is 0 Å². The number of nitrogens with zero attached hydrogens (tertiary/aromatic N) is 1. The summed E-state index contributed by atoms with van der Waals surface area (Å²) in [5.74, 6) is 0.699. The van der Waals surface area contributed by atoms with Crippen LogP contribution in [0, 0.1) is 10.1 Å². The van der Waals surface area contributed by atoms with E-state index in [0.717, 1.165) is 11.1 Å². The van der Waals surface area contributed by atoms with E-state index in [2.05, 4.69) is 0 Å². The van der Waals surface area contributed by atoms with Crippen LogP contribution in [0.5, 0.6) is 11.5 Å². The molecule has 184 valence electrons. The Labute approximate surface area is 204 Å². The maximum atomic E-state index is 10.9. The highest BCUT2D eigenvalue weighted by atomic mass is 19.1. The number of alkyl halides is 1. The minimum absolute atomic E-state index is 0. The van der Waals surface area contributed by atoms with Gasteiger partial charge in [-0.05, 0) is 52.4 Å². The lowest BCUT2D eigenvalue weighted by atomic mass is 9.79. The molecule has 0 radical (unpaired) electrons. The fourth-order valence-electron chi connectivity index (χ4n) is 3.46. The van der Waals surface area contributed by atoms with Gasteiger partial charge in [-0.2, -0.15) is 0 Å². The fourth-order valence-corrected chi connectivity index (χ4v) is 3.46. The van der Waals surface area contributed by atoms with E-state index in [9.17, 15) is 24.6 Å². The van der Waals surface area contributed by atoms with Gasteiger partial charge >= 0.3 is 14.2 Å². The Morgan fingerprint density at radius 1 is 1.06 bits per heavy atom. The number of rotatable bonds is 4. The number of benzene rings is 3. The zero-order chi connectivity index (χ0) is 25.4. The van der Waals surface area contributed by atoms with Gasteiger partial charge in [0.1, 0.15) is 18.1 Å². The SMILES string of the molecule is C.O=[N+]([O-])c1ccccc1COc1ccc2c(c1)B(O)OC2.OB1OCc2ccc(O)cc21.[2H]CF. The molecule has 0 unspecified atom stereocenters. The number of hydrogen-bond donors (Lipinski definition) is 3. The Morgan fingerprint density at radius 2 is 1.63 bits per heavy atom. The summed E-state index contributed by atoms with van der Waals surface area (Å²) in [5, 5.41) is 38.8. The van der Waals surface area contributed by atoms with Crippen LogP contribution in [0.25, 0.3) is 0 Å². The number of nitro benzene ring substituents is 1. The summed E-state index contributed by atoms with van der Waals surface area (Å²) in [6, 6.07) is 16.6. The Balaban J connectivity index is 0.000000256. The monoisotopic (exact) mass is 486 g/mol. The lowest BCUT2D eigenvalue weighted by Crippen LogP contribution is -2.27. The molecule has 0 saturated carbocycles. The first-order valence-corrected chi connectivity index (χ1v) is 10.1. The van der Waals surface area contributed by atoms with Crippen molar-refractivity contribution >= 4 is 30.8 Å². The van der Waals surface area contributed by atoms with E-state index in [4.69, 9.17) is 20.5 Å². The number of para-hydroxylation sites is 1. The molecule has 2 aliphatic rings. The molecule has 3 N–H and O–H groups in total. The second kappa shape index (κ2) is 12.9. The lowest BCUT2D eigenvalue weighted by Gasteiger charge is -2.08. The summed E-state index contributed by atoms with van der Waals surface area (Å²) in [6.45, 7) is 0.893. The van der Waals surface area contributed by atoms with Gasteiger partial charge in [0.2, 0.25) is 0 Å². The molecular weight excluding hydrogens is 459 g/mol. The van der Waals surface area contributed by atoms with Gasteiger partial charge in [-0.15, -0.1) is 0 Å². The molecule has 35 heavy (non-hydrogen) atoms. The molecule has 0 saturated heterocycles. The van der Waals surface area contributed by atoms with E-state index < -0.39 is 26.3 Å². The highest BCUT2D eigenvalue weighted by Crippen LogP contribution is 2.21. The predicted molar refractivity (Wildman–Crippen MR) is 131 cm³/mol. The standard InChI is InChI=1S/C14H12BNO5.C7H7BO3.CH3F.CH4/c17-15-13-7-12(6-5-10(13)9-21-15)20-8-11-3-1-2-4-14(11)16(18)19;9-6-2-1-5-4-11-8(10)7(5)3-6;1-2;/h1-7,17H,8-9H2;1-3,9-10H,4H2;1H3;1H4/i;;1D;. The van der Waals surface area contributed by atoms with Gasteiger partial charge in [-0.3, -0.25) is 14.5 Å². The molecule has 3 aromatic rings. The minimum atomic E-state index is -1.00. The van der Waals surface area contributed by atoms with E-state index >= 15 is 0 Å². The number of aromatic hydroxyl groups is 1. The molecule has 0 fully saturated rings. The van der Waals surface area contributed by atoms with Crippen molar-refractivity contribution in [3.8, 4) is 11.5 Å². The summed E-state index contributed by atoms with van der Waals surface area (Å²) in [7, 11) is -2.80. The quantitative estimate of drug-likeness (QED) is 0.291. The normalized spacial score (nSPS) is 13.2. The van der Waals surface area contributed by atoms with Crippen LogP contribution in [0.2, 0.25) is 0 Å². The zero-order valence-electron chi connectivity index (χ0n) is 19.0. The van der Waals surface area contributed by atoms with Crippen LogP contribution in [-0.4, -0.2) is 41.5 Å². The summed E-state index contributed by atoms with van der Waals surface area (Å²) < 4.78 is 31.1. The highest BCUT2D eigenvalue weighted by molar-refractivity contribution is 6.62. The second-order valence-electron chi connectivity index (χ2n) is 7.24. The highest BCUT2D eigenvalue weighted by Gasteiger charge is 2.28. The molecule has 0 aliphatic carbocycles. The van der Waals surface area contributed by atoms with Gasteiger partial charge in [-0.1, -0.05) is 31.7 Å². The molecule has 5 rings (SSSR count). The molecule has 0 bridgehead atoms. The van der Waals surface area contributed by atoms with Crippen molar-refractivity contribution in [1.29, 1.82) is 0 Å². The molecule has 0 aromatic heterocycles. The predicted octanol–water partition coefficient (Wildman–Crippen LogP) is 2.22. The third kappa shape index (κ3) is 6.80. The van der Waals surface area contributed by atoms with E-state index in [1.54, 1.807) is 42.5 Å². The van der Waals surface area contributed by atoms with Crippen molar-refractivity contribution in [3.05, 3.63) is 87.5 Å². The van der Waals surface area contributed by atoms with Crippen molar-refractivity contribution in [2.75, 3.05) is 7.15 Å². The fraction of sp³-hybridized carbons (Fsp3) is 0.217. The maximum Gasteiger partial charge on any atom is 0.491 e. The lowest BCUT2D eigenvalue weighted by molar-refractivity contribution is -0.385. The number of halogens is 1. The summed E-state index contributed by atoms with van der Waals surface area (Å²) >= 11 is 0. The molecule has 9 nitrogen and oxygen atoms in total. The molecule has 0 spiro atoms. The largest absolute Gasteiger partial charge is 0.508 e. The summed E-state index contributed by atoms with van der Waals surface area (Å²) in [5.41, 5.74) is 3.73. The van der Waals surface area contributed by atoms with Crippen LogP contribution >= 0.6 is 0 Å².